The smallest absolute Gasteiger partial charge is 0.349 e. The maximum absolute atomic E-state index is 12.0. The quantitative estimate of drug-likeness (QED) is 0.133. The summed E-state index contributed by atoms with van der Waals surface area (Å²) in [6.45, 7) is 3.03. The molecule has 3 aromatic carbocycles. The molecule has 0 fully saturated rings. The summed E-state index contributed by atoms with van der Waals surface area (Å²) in [7, 11) is -0.266. The van der Waals surface area contributed by atoms with E-state index in [9.17, 15) is 9.59 Å². The number of hydrogen-bond donors (Lipinski definition) is 0. The van der Waals surface area contributed by atoms with Gasteiger partial charge in [0.15, 0.2) is 21.3 Å². The van der Waals surface area contributed by atoms with Crippen molar-refractivity contribution in [2.75, 3.05) is 6.61 Å². The van der Waals surface area contributed by atoms with Gasteiger partial charge in [-0.05, 0) is 62.4 Å². The first-order valence-electron chi connectivity index (χ1n) is 9.36. The Morgan fingerprint density at radius 1 is 0.800 bits per heavy atom. The minimum absolute atomic E-state index is 0.266. The molecule has 30 heavy (non-hydrogen) atoms. The molecule has 0 N–H and O–H groups in total. The highest BCUT2D eigenvalue weighted by atomic mass is 127. The van der Waals surface area contributed by atoms with E-state index in [1.54, 1.807) is 26.0 Å². The molecule has 154 valence electrons. The molecule has 0 unspecified atom stereocenters. The van der Waals surface area contributed by atoms with Crippen LogP contribution in [0.5, 0.6) is 5.75 Å². The summed E-state index contributed by atoms with van der Waals surface area (Å²) in [5.41, 5.74) is 0. The Balaban J connectivity index is 1.73. The van der Waals surface area contributed by atoms with Crippen LogP contribution in [0.1, 0.15) is 13.8 Å². The summed E-state index contributed by atoms with van der Waals surface area (Å²) in [5, 5.41) is 0. The van der Waals surface area contributed by atoms with Crippen LogP contribution in [0.15, 0.2) is 99.6 Å². The van der Waals surface area contributed by atoms with Gasteiger partial charge in [-0.25, -0.2) is 4.79 Å². The number of carbonyl (C=O) groups is 2. The van der Waals surface area contributed by atoms with Crippen LogP contribution >= 0.6 is 22.6 Å². The topological polar surface area (TPSA) is 52.6 Å². The first-order valence-corrected chi connectivity index (χ1v) is 11.7. The van der Waals surface area contributed by atoms with Crippen LogP contribution < -0.4 is 4.74 Å². The third-order valence-electron chi connectivity index (χ3n) is 4.06. The number of halogens is 1. The van der Waals surface area contributed by atoms with E-state index in [0.717, 1.165) is 4.90 Å². The van der Waals surface area contributed by atoms with E-state index in [-0.39, 0.29) is 10.9 Å². The van der Waals surface area contributed by atoms with E-state index in [4.69, 9.17) is 9.47 Å². The van der Waals surface area contributed by atoms with Crippen molar-refractivity contribution >= 4 is 45.4 Å². The fraction of sp³-hybridized carbons (Fsp3) is 0.167. The average Bonchev–Trinajstić information content (AvgIpc) is 2.74. The van der Waals surface area contributed by atoms with Gasteiger partial charge in [-0.2, -0.15) is 0 Å². The summed E-state index contributed by atoms with van der Waals surface area (Å²) < 4.78 is 9.62. The van der Waals surface area contributed by atoms with Gasteiger partial charge in [0.1, 0.15) is 9.17 Å². The molecule has 0 saturated heterocycles. The zero-order valence-corrected chi connectivity index (χ0v) is 19.7. The second kappa shape index (κ2) is 10.1. The summed E-state index contributed by atoms with van der Waals surface area (Å²) in [6.07, 6.45) is 0. The van der Waals surface area contributed by atoms with Gasteiger partial charge in [0, 0.05) is 0 Å². The predicted octanol–water partition coefficient (Wildman–Crippen LogP) is 5.44. The van der Waals surface area contributed by atoms with Gasteiger partial charge in [-0.1, -0.05) is 59.0 Å². The number of carbonyl (C=O) groups excluding carboxylic acids is 2. The number of esters is 2. The molecule has 0 spiro atoms. The fourth-order valence-corrected chi connectivity index (χ4v) is 4.86. The maximum Gasteiger partial charge on any atom is 0.349 e. The molecule has 0 radical (unpaired) electrons. The molecule has 0 bridgehead atoms. The largest absolute Gasteiger partial charge is 0.453 e. The van der Waals surface area contributed by atoms with Crippen molar-refractivity contribution in [2.24, 2.45) is 0 Å². The molecule has 0 aliphatic rings. The third kappa shape index (κ3) is 6.09. The highest BCUT2D eigenvalue weighted by molar-refractivity contribution is 14.1. The van der Waals surface area contributed by atoms with Gasteiger partial charge < -0.3 is 9.47 Å². The van der Waals surface area contributed by atoms with Crippen LogP contribution in [0.2, 0.25) is 0 Å². The molecule has 4 nitrogen and oxygen atoms in total. The number of hydrogen-bond acceptors (Lipinski definition) is 4. The Bertz CT molecular complexity index is 944. The Morgan fingerprint density at radius 2 is 1.27 bits per heavy atom. The Kier molecular flexibility index (Phi) is 7.55. The van der Waals surface area contributed by atoms with Crippen molar-refractivity contribution in [2.45, 2.75) is 32.0 Å². The van der Waals surface area contributed by atoms with Crippen LogP contribution in [-0.4, -0.2) is 22.0 Å². The Hall–Kier alpha value is -2.32. The summed E-state index contributed by atoms with van der Waals surface area (Å²) >= 11 is 1.97. The second-order valence-electron chi connectivity index (χ2n) is 6.93. The lowest BCUT2D eigenvalue weighted by atomic mass is 10.2. The average molecular weight is 533 g/mol. The van der Waals surface area contributed by atoms with Gasteiger partial charge in [-0.3, -0.25) is 4.79 Å². The summed E-state index contributed by atoms with van der Waals surface area (Å²) in [6, 6.07) is 28.1. The lowest BCUT2D eigenvalue weighted by molar-refractivity contribution is -0.154. The molecule has 0 saturated carbocycles. The van der Waals surface area contributed by atoms with Crippen molar-refractivity contribution in [1.29, 1.82) is 0 Å². The molecule has 0 aliphatic carbocycles. The molecule has 3 aromatic rings. The van der Waals surface area contributed by atoms with Crippen LogP contribution in [-0.2, 0) is 25.2 Å². The maximum atomic E-state index is 12.0. The van der Waals surface area contributed by atoms with Crippen molar-refractivity contribution in [1.82, 2.24) is 0 Å². The Labute approximate surface area is 193 Å². The zero-order chi connectivity index (χ0) is 21.6. The molecular formula is C24H22IO4S+. The van der Waals surface area contributed by atoms with Gasteiger partial charge >= 0.3 is 11.9 Å². The summed E-state index contributed by atoms with van der Waals surface area (Å²) in [4.78, 5) is 27.3. The molecule has 0 atom stereocenters. The molecule has 0 aromatic heterocycles. The van der Waals surface area contributed by atoms with Crippen LogP contribution in [0, 0.1) is 0 Å². The molecule has 3 rings (SSSR count). The molecule has 0 amide bonds. The number of alkyl halides is 1. The predicted molar refractivity (Wildman–Crippen MR) is 126 cm³/mol. The Morgan fingerprint density at radius 3 is 1.73 bits per heavy atom. The molecule has 0 aliphatic heterocycles. The lowest BCUT2D eigenvalue weighted by Crippen LogP contribution is -2.29. The van der Waals surface area contributed by atoms with Gasteiger partial charge in [0.2, 0.25) is 0 Å². The normalized spacial score (nSPS) is 11.2. The van der Waals surface area contributed by atoms with Gasteiger partial charge in [-0.15, -0.1) is 0 Å². The van der Waals surface area contributed by atoms with Crippen molar-refractivity contribution in [3.8, 4) is 5.75 Å². The van der Waals surface area contributed by atoms with Crippen molar-refractivity contribution < 1.29 is 19.1 Å². The van der Waals surface area contributed by atoms with Gasteiger partial charge in [0.05, 0.1) is 10.9 Å². The van der Waals surface area contributed by atoms with E-state index in [1.807, 2.05) is 71.1 Å². The number of benzene rings is 3. The number of ether oxygens (including phenoxy) is 2. The highest BCUT2D eigenvalue weighted by Gasteiger charge is 2.29. The minimum Gasteiger partial charge on any atom is -0.453 e. The van der Waals surface area contributed by atoms with E-state index in [2.05, 4.69) is 24.3 Å². The molecule has 0 heterocycles. The molecular weight excluding hydrogens is 511 g/mol. The zero-order valence-electron chi connectivity index (χ0n) is 16.7. The van der Waals surface area contributed by atoms with Gasteiger partial charge in [0.25, 0.3) is 0 Å². The minimum atomic E-state index is -0.690. The first kappa shape index (κ1) is 22.4. The fourth-order valence-electron chi connectivity index (χ4n) is 2.62. The van der Waals surface area contributed by atoms with Crippen molar-refractivity contribution in [3.05, 3.63) is 84.9 Å². The van der Waals surface area contributed by atoms with E-state index >= 15 is 0 Å². The van der Waals surface area contributed by atoms with Crippen LogP contribution in [0.25, 0.3) is 0 Å². The second-order valence-corrected chi connectivity index (χ2v) is 11.6. The monoisotopic (exact) mass is 533 g/mol. The summed E-state index contributed by atoms with van der Waals surface area (Å²) in [5.74, 6) is -0.648. The van der Waals surface area contributed by atoms with E-state index < -0.39 is 22.0 Å². The third-order valence-corrected chi connectivity index (χ3v) is 6.73. The van der Waals surface area contributed by atoms with E-state index in [1.165, 1.54) is 9.79 Å². The SMILES string of the molecule is CC(C)(I)C(=O)OCC(=O)Oc1ccc([S+](c2ccccc2)c2ccccc2)cc1. The van der Waals surface area contributed by atoms with Crippen LogP contribution in [0.3, 0.4) is 0 Å². The molecule has 6 heteroatoms. The van der Waals surface area contributed by atoms with E-state index in [0.29, 0.717) is 5.75 Å². The standard InChI is InChI=1S/C24H22IO4S/c1-24(2,25)23(27)28-17-22(26)29-18-13-15-21(16-14-18)30(19-9-5-3-6-10-19)20-11-7-4-8-12-20/h3-16H,17H2,1-2H3/q+1. The number of rotatable bonds is 7. The van der Waals surface area contributed by atoms with Crippen LogP contribution in [0.4, 0.5) is 0 Å². The van der Waals surface area contributed by atoms with Crippen molar-refractivity contribution in [3.63, 3.8) is 0 Å². The first-order chi connectivity index (χ1) is 14.3. The highest BCUT2D eigenvalue weighted by Crippen LogP contribution is 2.31. The lowest BCUT2D eigenvalue weighted by Gasteiger charge is -2.14.